The predicted octanol–water partition coefficient (Wildman–Crippen LogP) is 2.95. The maximum atomic E-state index is 11.0. The Morgan fingerprint density at radius 2 is 1.93 bits per heavy atom. The molecule has 1 aliphatic heterocycles. The van der Waals surface area contributed by atoms with E-state index in [9.17, 15) is 5.11 Å². The molecule has 6 nitrogen and oxygen atoms in total. The summed E-state index contributed by atoms with van der Waals surface area (Å²) in [5, 5.41) is 19.5. The maximum Gasteiger partial charge on any atom is 0.140 e. The second-order valence-electron chi connectivity index (χ2n) is 7.60. The average molecular weight is 366 g/mol. The molecule has 1 saturated heterocycles. The highest BCUT2D eigenvalue weighted by Crippen LogP contribution is 2.29. The molecule has 6 heteroatoms. The third-order valence-corrected chi connectivity index (χ3v) is 5.65. The van der Waals surface area contributed by atoms with Crippen LogP contribution in [0.3, 0.4) is 0 Å². The molecule has 4 rings (SSSR count). The van der Waals surface area contributed by atoms with Crippen LogP contribution in [0.1, 0.15) is 29.9 Å². The van der Waals surface area contributed by atoms with Crippen molar-refractivity contribution >= 4 is 0 Å². The largest absolute Gasteiger partial charge is 0.389 e. The normalized spacial score (nSPS) is 17.3. The third-order valence-electron chi connectivity index (χ3n) is 5.65. The Morgan fingerprint density at radius 3 is 2.59 bits per heavy atom. The first-order valence-corrected chi connectivity index (χ1v) is 9.46. The second kappa shape index (κ2) is 7.29. The van der Waals surface area contributed by atoms with Gasteiger partial charge in [0.05, 0.1) is 11.8 Å². The molecule has 0 atom stereocenters. The fraction of sp³-hybridized carbons (Fsp3) is 0.429. The minimum absolute atomic E-state index is 0.507. The number of hydrogen-bond acceptors (Lipinski definition) is 5. The summed E-state index contributed by atoms with van der Waals surface area (Å²) in [6.07, 6.45) is 3.91. The van der Waals surface area contributed by atoms with Crippen molar-refractivity contribution in [2.24, 2.45) is 7.05 Å². The molecule has 0 radical (unpaired) electrons. The fourth-order valence-electron chi connectivity index (χ4n) is 3.71. The molecule has 3 aromatic rings. The minimum Gasteiger partial charge on any atom is -0.389 e. The van der Waals surface area contributed by atoms with Crippen LogP contribution in [0.5, 0.6) is 0 Å². The molecule has 0 bridgehead atoms. The number of nitrogens with zero attached hydrogens (tertiary/aromatic N) is 4. The van der Waals surface area contributed by atoms with Gasteiger partial charge in [0, 0.05) is 56.0 Å². The summed E-state index contributed by atoms with van der Waals surface area (Å²) >= 11 is 0. The molecule has 1 aliphatic rings. The lowest BCUT2D eigenvalue weighted by molar-refractivity contribution is -0.0265. The standard InChI is InChI=1S/C21H26N4O2/c1-16-18(14-22-24(16)2)15-25-10-8-21(26,9-11-25)13-19-12-20(23-27-19)17-6-4-3-5-7-17/h3-7,12,14,26H,8-11,13,15H2,1-2H3. The van der Waals surface area contributed by atoms with Gasteiger partial charge in [-0.2, -0.15) is 5.10 Å². The molecule has 27 heavy (non-hydrogen) atoms. The molecule has 0 saturated carbocycles. The van der Waals surface area contributed by atoms with E-state index in [0.717, 1.165) is 49.5 Å². The summed E-state index contributed by atoms with van der Waals surface area (Å²) < 4.78 is 7.40. The molecule has 2 aromatic heterocycles. The molecule has 1 fully saturated rings. The Hall–Kier alpha value is -2.44. The van der Waals surface area contributed by atoms with Gasteiger partial charge in [0.2, 0.25) is 0 Å². The molecule has 0 unspecified atom stereocenters. The number of hydrogen-bond donors (Lipinski definition) is 1. The Kier molecular flexibility index (Phi) is 4.85. The van der Waals surface area contributed by atoms with E-state index in [4.69, 9.17) is 4.52 Å². The van der Waals surface area contributed by atoms with Crippen molar-refractivity contribution in [3.8, 4) is 11.3 Å². The number of aryl methyl sites for hydroxylation is 1. The second-order valence-corrected chi connectivity index (χ2v) is 7.60. The maximum absolute atomic E-state index is 11.0. The van der Waals surface area contributed by atoms with Crippen LogP contribution in [0.2, 0.25) is 0 Å². The summed E-state index contributed by atoms with van der Waals surface area (Å²) in [5.41, 5.74) is 3.57. The first-order valence-electron chi connectivity index (χ1n) is 9.46. The Morgan fingerprint density at radius 1 is 1.19 bits per heavy atom. The van der Waals surface area contributed by atoms with E-state index in [2.05, 4.69) is 22.1 Å². The smallest absolute Gasteiger partial charge is 0.140 e. The van der Waals surface area contributed by atoms with Crippen molar-refractivity contribution in [3.05, 3.63) is 59.6 Å². The highest BCUT2D eigenvalue weighted by molar-refractivity contribution is 5.58. The van der Waals surface area contributed by atoms with Crippen molar-refractivity contribution in [1.82, 2.24) is 19.8 Å². The molecule has 1 N–H and O–H groups in total. The van der Waals surface area contributed by atoms with Gasteiger partial charge in [-0.3, -0.25) is 9.58 Å². The zero-order chi connectivity index (χ0) is 18.9. The molecular weight excluding hydrogens is 340 g/mol. The van der Waals surface area contributed by atoms with E-state index < -0.39 is 5.60 Å². The van der Waals surface area contributed by atoms with E-state index in [0.29, 0.717) is 6.42 Å². The summed E-state index contributed by atoms with van der Waals surface area (Å²) in [6, 6.07) is 11.9. The molecule has 142 valence electrons. The first-order chi connectivity index (χ1) is 13.0. The summed E-state index contributed by atoms with van der Waals surface area (Å²) in [5.74, 6) is 0.743. The van der Waals surface area contributed by atoms with Crippen molar-refractivity contribution in [2.45, 2.75) is 38.3 Å². The lowest BCUT2D eigenvalue weighted by atomic mass is 9.87. The van der Waals surface area contributed by atoms with Gasteiger partial charge in [-0.15, -0.1) is 0 Å². The number of piperidine rings is 1. The molecule has 0 amide bonds. The predicted molar refractivity (Wildman–Crippen MR) is 103 cm³/mol. The van der Waals surface area contributed by atoms with Crippen LogP contribution in [-0.2, 0) is 20.0 Å². The lowest BCUT2D eigenvalue weighted by Gasteiger charge is -2.37. The van der Waals surface area contributed by atoms with E-state index in [1.807, 2.05) is 54.3 Å². The van der Waals surface area contributed by atoms with Gasteiger partial charge in [-0.25, -0.2) is 0 Å². The Labute approximate surface area is 159 Å². The van der Waals surface area contributed by atoms with Gasteiger partial charge in [0.15, 0.2) is 0 Å². The van der Waals surface area contributed by atoms with E-state index in [1.54, 1.807) is 0 Å². The minimum atomic E-state index is -0.728. The Balaban J connectivity index is 1.35. The fourth-order valence-corrected chi connectivity index (χ4v) is 3.71. The highest BCUT2D eigenvalue weighted by atomic mass is 16.5. The number of aromatic nitrogens is 3. The molecule has 1 aromatic carbocycles. The van der Waals surface area contributed by atoms with Crippen LogP contribution in [0.15, 0.2) is 47.1 Å². The van der Waals surface area contributed by atoms with Crippen molar-refractivity contribution < 1.29 is 9.63 Å². The van der Waals surface area contributed by atoms with Gasteiger partial charge in [-0.05, 0) is 19.8 Å². The Bertz CT molecular complexity index is 892. The van der Waals surface area contributed by atoms with E-state index in [-0.39, 0.29) is 0 Å². The first kappa shape index (κ1) is 17.9. The number of rotatable bonds is 5. The molecule has 3 heterocycles. The van der Waals surface area contributed by atoms with Gasteiger partial charge >= 0.3 is 0 Å². The quantitative estimate of drug-likeness (QED) is 0.752. The molecule has 0 spiro atoms. The van der Waals surface area contributed by atoms with Crippen LogP contribution in [0.25, 0.3) is 11.3 Å². The van der Waals surface area contributed by atoms with Crippen LogP contribution in [-0.4, -0.2) is 43.6 Å². The van der Waals surface area contributed by atoms with Crippen molar-refractivity contribution in [1.29, 1.82) is 0 Å². The number of likely N-dealkylation sites (tertiary alicyclic amines) is 1. The van der Waals surface area contributed by atoms with Crippen LogP contribution < -0.4 is 0 Å². The number of aliphatic hydroxyl groups is 1. The van der Waals surface area contributed by atoms with Gasteiger partial charge in [0.25, 0.3) is 0 Å². The topological polar surface area (TPSA) is 67.3 Å². The SMILES string of the molecule is Cc1c(CN2CCC(O)(Cc3cc(-c4ccccc4)no3)CC2)cnn1C. The zero-order valence-corrected chi connectivity index (χ0v) is 15.9. The van der Waals surface area contributed by atoms with Gasteiger partial charge < -0.3 is 9.63 Å². The van der Waals surface area contributed by atoms with Crippen LogP contribution in [0.4, 0.5) is 0 Å². The van der Waals surface area contributed by atoms with E-state index in [1.165, 1.54) is 11.3 Å². The molecular formula is C21H26N4O2. The van der Waals surface area contributed by atoms with Gasteiger partial charge in [0.1, 0.15) is 11.5 Å². The van der Waals surface area contributed by atoms with Crippen molar-refractivity contribution in [3.63, 3.8) is 0 Å². The highest BCUT2D eigenvalue weighted by Gasteiger charge is 2.34. The summed E-state index contributed by atoms with van der Waals surface area (Å²) in [4.78, 5) is 2.38. The van der Waals surface area contributed by atoms with Crippen LogP contribution in [0, 0.1) is 6.92 Å². The van der Waals surface area contributed by atoms with E-state index >= 15 is 0 Å². The third kappa shape index (κ3) is 3.96. The van der Waals surface area contributed by atoms with Gasteiger partial charge in [-0.1, -0.05) is 35.5 Å². The lowest BCUT2D eigenvalue weighted by Crippen LogP contribution is -2.45. The monoisotopic (exact) mass is 366 g/mol. The van der Waals surface area contributed by atoms with Crippen LogP contribution >= 0.6 is 0 Å². The number of benzene rings is 1. The zero-order valence-electron chi connectivity index (χ0n) is 15.9. The van der Waals surface area contributed by atoms with Crippen molar-refractivity contribution in [2.75, 3.05) is 13.1 Å². The molecule has 0 aliphatic carbocycles. The summed E-state index contributed by atoms with van der Waals surface area (Å²) in [6.45, 7) is 4.71. The average Bonchev–Trinajstić information content (AvgIpc) is 3.26. The summed E-state index contributed by atoms with van der Waals surface area (Å²) in [7, 11) is 1.97.